The van der Waals surface area contributed by atoms with Crippen LogP contribution in [0.15, 0.2) is 48.5 Å². The Morgan fingerprint density at radius 1 is 0.957 bits per heavy atom. The average molecular weight is 309 g/mol. The van der Waals surface area contributed by atoms with Crippen molar-refractivity contribution in [2.24, 2.45) is 0 Å². The van der Waals surface area contributed by atoms with Crippen molar-refractivity contribution in [2.45, 2.75) is 43.9 Å². The molecular weight excluding hydrogens is 286 g/mol. The molecule has 0 amide bonds. The summed E-state index contributed by atoms with van der Waals surface area (Å²) in [6.45, 7) is 0. The highest BCUT2D eigenvalue weighted by molar-refractivity contribution is 5.71. The van der Waals surface area contributed by atoms with E-state index in [2.05, 4.69) is 35.6 Å². The number of para-hydroxylation sites is 1. The van der Waals surface area contributed by atoms with Crippen LogP contribution in [-0.4, -0.2) is 25.3 Å². The molecule has 0 saturated carbocycles. The molecule has 1 unspecified atom stereocenters. The zero-order valence-corrected chi connectivity index (χ0v) is 13.5. The molecule has 3 atom stereocenters. The first kappa shape index (κ1) is 14.6. The molecule has 2 bridgehead atoms. The number of rotatable bonds is 4. The molecule has 2 aromatic carbocycles. The summed E-state index contributed by atoms with van der Waals surface area (Å²) in [4.78, 5) is 0. The SMILES string of the molecule is COc1ccccc1-c1cccc(OC2C[C@H]3CC[C@@H](C2)N3)c1. The monoisotopic (exact) mass is 309 g/mol. The molecule has 4 rings (SSSR count). The van der Waals surface area contributed by atoms with Crippen molar-refractivity contribution < 1.29 is 9.47 Å². The summed E-state index contributed by atoms with van der Waals surface area (Å²) < 4.78 is 11.8. The molecule has 0 aromatic heterocycles. The Kier molecular flexibility index (Phi) is 3.96. The van der Waals surface area contributed by atoms with Gasteiger partial charge in [-0.25, -0.2) is 0 Å². The lowest BCUT2D eigenvalue weighted by Crippen LogP contribution is -2.42. The minimum Gasteiger partial charge on any atom is -0.496 e. The van der Waals surface area contributed by atoms with Crippen LogP contribution in [0.3, 0.4) is 0 Å². The van der Waals surface area contributed by atoms with Crippen LogP contribution in [0.25, 0.3) is 11.1 Å². The van der Waals surface area contributed by atoms with Gasteiger partial charge in [-0.15, -0.1) is 0 Å². The average Bonchev–Trinajstić information content (AvgIpc) is 2.93. The summed E-state index contributed by atoms with van der Waals surface area (Å²) in [6.07, 6.45) is 5.17. The van der Waals surface area contributed by atoms with Crippen molar-refractivity contribution in [3.05, 3.63) is 48.5 Å². The predicted molar refractivity (Wildman–Crippen MR) is 92.0 cm³/mol. The Labute approximate surface area is 137 Å². The molecule has 0 spiro atoms. The van der Waals surface area contributed by atoms with E-state index >= 15 is 0 Å². The summed E-state index contributed by atoms with van der Waals surface area (Å²) in [5, 5.41) is 3.66. The summed E-state index contributed by atoms with van der Waals surface area (Å²) in [6, 6.07) is 17.8. The van der Waals surface area contributed by atoms with Gasteiger partial charge in [-0.05, 0) is 49.4 Å². The van der Waals surface area contributed by atoms with Gasteiger partial charge in [0.05, 0.1) is 7.11 Å². The lowest BCUT2D eigenvalue weighted by atomic mass is 10.0. The Bertz CT molecular complexity index is 673. The van der Waals surface area contributed by atoms with Crippen LogP contribution in [0, 0.1) is 0 Å². The fourth-order valence-electron chi connectivity index (χ4n) is 3.91. The molecule has 2 heterocycles. The Balaban J connectivity index is 1.54. The molecule has 3 heteroatoms. The van der Waals surface area contributed by atoms with E-state index in [9.17, 15) is 0 Å². The van der Waals surface area contributed by atoms with Gasteiger partial charge in [0.25, 0.3) is 0 Å². The zero-order chi connectivity index (χ0) is 15.6. The van der Waals surface area contributed by atoms with Gasteiger partial charge in [0.1, 0.15) is 17.6 Å². The van der Waals surface area contributed by atoms with Crippen molar-refractivity contribution in [2.75, 3.05) is 7.11 Å². The highest BCUT2D eigenvalue weighted by Crippen LogP contribution is 2.33. The first-order valence-corrected chi connectivity index (χ1v) is 8.48. The van der Waals surface area contributed by atoms with E-state index in [1.807, 2.05) is 18.2 Å². The van der Waals surface area contributed by atoms with Gasteiger partial charge < -0.3 is 14.8 Å². The van der Waals surface area contributed by atoms with Crippen LogP contribution in [-0.2, 0) is 0 Å². The van der Waals surface area contributed by atoms with Crippen LogP contribution < -0.4 is 14.8 Å². The molecule has 3 nitrogen and oxygen atoms in total. The maximum Gasteiger partial charge on any atom is 0.126 e. The van der Waals surface area contributed by atoms with Gasteiger partial charge in [0.2, 0.25) is 0 Å². The van der Waals surface area contributed by atoms with E-state index < -0.39 is 0 Å². The van der Waals surface area contributed by atoms with Gasteiger partial charge >= 0.3 is 0 Å². The minimum absolute atomic E-state index is 0.335. The van der Waals surface area contributed by atoms with Crippen molar-refractivity contribution in [1.82, 2.24) is 5.32 Å². The van der Waals surface area contributed by atoms with Gasteiger partial charge in [0, 0.05) is 17.6 Å². The van der Waals surface area contributed by atoms with Gasteiger partial charge in [0.15, 0.2) is 0 Å². The maximum atomic E-state index is 6.29. The molecule has 2 aromatic rings. The van der Waals surface area contributed by atoms with E-state index in [0.29, 0.717) is 18.2 Å². The summed E-state index contributed by atoms with van der Waals surface area (Å²) >= 11 is 0. The van der Waals surface area contributed by atoms with E-state index in [1.165, 1.54) is 12.8 Å². The first-order chi connectivity index (χ1) is 11.3. The molecule has 120 valence electrons. The molecule has 2 aliphatic rings. The summed E-state index contributed by atoms with van der Waals surface area (Å²) in [5.41, 5.74) is 2.24. The van der Waals surface area contributed by atoms with Gasteiger partial charge in [-0.2, -0.15) is 0 Å². The number of hydrogen-bond donors (Lipinski definition) is 1. The molecule has 0 aliphatic carbocycles. The molecular formula is C20H23NO2. The Morgan fingerprint density at radius 2 is 1.74 bits per heavy atom. The second kappa shape index (κ2) is 6.25. The van der Waals surface area contributed by atoms with E-state index in [1.54, 1.807) is 7.11 Å². The quantitative estimate of drug-likeness (QED) is 0.925. The maximum absolute atomic E-state index is 6.29. The van der Waals surface area contributed by atoms with E-state index in [0.717, 1.165) is 35.5 Å². The number of fused-ring (bicyclic) bond motifs is 2. The fraction of sp³-hybridized carbons (Fsp3) is 0.400. The number of piperidine rings is 1. The topological polar surface area (TPSA) is 30.5 Å². The van der Waals surface area contributed by atoms with Crippen LogP contribution in [0.5, 0.6) is 11.5 Å². The standard InChI is InChI=1S/C20H23NO2/c1-22-20-8-3-2-7-19(20)14-5-4-6-17(11-14)23-18-12-15-9-10-16(13-18)21-15/h2-8,11,15-16,18,21H,9-10,12-13H2,1H3/t15-,16+,18?. The molecule has 0 radical (unpaired) electrons. The summed E-state index contributed by atoms with van der Waals surface area (Å²) in [5.74, 6) is 1.85. The fourth-order valence-corrected chi connectivity index (χ4v) is 3.91. The van der Waals surface area contributed by atoms with Crippen LogP contribution in [0.2, 0.25) is 0 Å². The lowest BCUT2D eigenvalue weighted by Gasteiger charge is -2.29. The van der Waals surface area contributed by atoms with E-state index in [4.69, 9.17) is 9.47 Å². The van der Waals surface area contributed by atoms with Crippen molar-refractivity contribution in [3.8, 4) is 22.6 Å². The number of ether oxygens (including phenoxy) is 2. The third-order valence-electron chi connectivity index (χ3n) is 4.98. The highest BCUT2D eigenvalue weighted by Gasteiger charge is 2.34. The normalized spacial score (nSPS) is 26.0. The molecule has 2 fully saturated rings. The first-order valence-electron chi connectivity index (χ1n) is 8.48. The number of hydrogen-bond acceptors (Lipinski definition) is 3. The van der Waals surface area contributed by atoms with Crippen LogP contribution >= 0.6 is 0 Å². The van der Waals surface area contributed by atoms with Crippen molar-refractivity contribution >= 4 is 0 Å². The number of nitrogens with one attached hydrogen (secondary N) is 1. The number of methoxy groups -OCH3 is 1. The lowest BCUT2D eigenvalue weighted by molar-refractivity contribution is 0.137. The Morgan fingerprint density at radius 3 is 2.52 bits per heavy atom. The molecule has 1 N–H and O–H groups in total. The third-order valence-corrected chi connectivity index (χ3v) is 4.98. The zero-order valence-electron chi connectivity index (χ0n) is 13.5. The second-order valence-electron chi connectivity index (χ2n) is 6.58. The third kappa shape index (κ3) is 3.06. The van der Waals surface area contributed by atoms with Crippen molar-refractivity contribution in [1.29, 1.82) is 0 Å². The van der Waals surface area contributed by atoms with Gasteiger partial charge in [-0.3, -0.25) is 0 Å². The summed E-state index contributed by atoms with van der Waals surface area (Å²) in [7, 11) is 1.71. The largest absolute Gasteiger partial charge is 0.496 e. The highest BCUT2D eigenvalue weighted by atomic mass is 16.5. The van der Waals surface area contributed by atoms with Crippen LogP contribution in [0.4, 0.5) is 0 Å². The number of benzene rings is 2. The van der Waals surface area contributed by atoms with Crippen LogP contribution in [0.1, 0.15) is 25.7 Å². The second-order valence-corrected chi connectivity index (χ2v) is 6.58. The van der Waals surface area contributed by atoms with E-state index in [-0.39, 0.29) is 0 Å². The molecule has 2 aliphatic heterocycles. The molecule has 2 saturated heterocycles. The smallest absolute Gasteiger partial charge is 0.126 e. The predicted octanol–water partition coefficient (Wildman–Crippen LogP) is 4.02. The Hall–Kier alpha value is -2.00. The van der Waals surface area contributed by atoms with Crippen molar-refractivity contribution in [3.63, 3.8) is 0 Å². The minimum atomic E-state index is 0.335. The van der Waals surface area contributed by atoms with Gasteiger partial charge in [-0.1, -0.05) is 30.3 Å². The molecule has 23 heavy (non-hydrogen) atoms.